The van der Waals surface area contributed by atoms with Gasteiger partial charge in [-0.3, -0.25) is 4.79 Å². The predicted molar refractivity (Wildman–Crippen MR) is 76.1 cm³/mol. The summed E-state index contributed by atoms with van der Waals surface area (Å²) in [7, 11) is 0. The molecule has 7 heteroatoms. The van der Waals surface area contributed by atoms with Crippen molar-refractivity contribution >= 4 is 17.2 Å². The van der Waals surface area contributed by atoms with Gasteiger partial charge in [0.2, 0.25) is 0 Å². The Labute approximate surface area is 124 Å². The van der Waals surface area contributed by atoms with E-state index in [9.17, 15) is 13.6 Å². The average Bonchev–Trinajstić information content (AvgIpc) is 2.96. The molecule has 1 N–H and O–H groups in total. The Balaban J connectivity index is 2.24. The number of nitrogens with zero attached hydrogens (tertiary/aromatic N) is 2. The highest BCUT2D eigenvalue weighted by atomic mass is 32.1. The van der Waals surface area contributed by atoms with Crippen molar-refractivity contribution in [1.82, 2.24) is 9.88 Å². The number of aliphatic hydroxyl groups is 1. The summed E-state index contributed by atoms with van der Waals surface area (Å²) >= 11 is 1.11. The minimum atomic E-state index is -0.953. The van der Waals surface area contributed by atoms with Gasteiger partial charge in [-0.2, -0.15) is 0 Å². The van der Waals surface area contributed by atoms with Gasteiger partial charge < -0.3 is 10.0 Å². The number of amides is 1. The normalized spacial score (nSPS) is 10.7. The monoisotopic (exact) mass is 312 g/mol. The smallest absolute Gasteiger partial charge is 0.265 e. The summed E-state index contributed by atoms with van der Waals surface area (Å²) in [5, 5.41) is 9.36. The Morgan fingerprint density at radius 1 is 1.38 bits per heavy atom. The van der Waals surface area contributed by atoms with Gasteiger partial charge in [0, 0.05) is 18.7 Å². The molecule has 112 valence electrons. The molecule has 1 heterocycles. The first-order valence-corrected chi connectivity index (χ1v) is 7.19. The average molecular weight is 312 g/mol. The molecule has 0 spiro atoms. The Bertz CT molecular complexity index is 646. The zero-order chi connectivity index (χ0) is 15.4. The molecule has 2 aromatic rings. The number of thiazole rings is 1. The van der Waals surface area contributed by atoms with Crippen LogP contribution in [0.3, 0.4) is 0 Å². The molecular formula is C14H14F2N2O2S. The summed E-state index contributed by atoms with van der Waals surface area (Å²) in [6.45, 7) is 2.41. The molecule has 0 unspecified atom stereocenters. The number of rotatable bonds is 5. The molecule has 1 aromatic carbocycles. The lowest BCUT2D eigenvalue weighted by Gasteiger charge is -2.18. The van der Waals surface area contributed by atoms with Crippen molar-refractivity contribution in [3.63, 3.8) is 0 Å². The molecule has 0 fully saturated rings. The number of aliphatic hydroxyl groups excluding tert-OH is 1. The molecule has 4 nitrogen and oxygen atoms in total. The lowest BCUT2D eigenvalue weighted by atomic mass is 10.2. The molecule has 0 atom stereocenters. The second-order valence-corrected chi connectivity index (χ2v) is 5.30. The van der Waals surface area contributed by atoms with Crippen molar-refractivity contribution in [2.24, 2.45) is 0 Å². The first-order chi connectivity index (χ1) is 10.1. The summed E-state index contributed by atoms with van der Waals surface area (Å²) < 4.78 is 26.1. The largest absolute Gasteiger partial charge is 0.395 e. The van der Waals surface area contributed by atoms with Gasteiger partial charge in [0.1, 0.15) is 9.88 Å². The lowest BCUT2D eigenvalue weighted by Crippen LogP contribution is -2.32. The molecule has 0 aliphatic heterocycles. The SMILES string of the molecule is CCN(CCO)C(=O)c1cnc(-c2ccc(F)c(F)c2)s1. The molecule has 0 aliphatic carbocycles. The van der Waals surface area contributed by atoms with Gasteiger partial charge in [-0.25, -0.2) is 13.8 Å². The first-order valence-electron chi connectivity index (χ1n) is 6.38. The first kappa shape index (κ1) is 15.5. The van der Waals surface area contributed by atoms with Crippen LogP contribution < -0.4 is 0 Å². The Kier molecular flexibility index (Phi) is 4.98. The maximum Gasteiger partial charge on any atom is 0.265 e. The van der Waals surface area contributed by atoms with Gasteiger partial charge in [-0.15, -0.1) is 11.3 Å². The fourth-order valence-corrected chi connectivity index (χ4v) is 2.70. The highest BCUT2D eigenvalue weighted by Crippen LogP contribution is 2.27. The third kappa shape index (κ3) is 3.43. The zero-order valence-electron chi connectivity index (χ0n) is 11.3. The lowest BCUT2D eigenvalue weighted by molar-refractivity contribution is 0.0736. The number of likely N-dealkylation sites (N-methyl/N-ethyl adjacent to an activating group) is 1. The molecule has 0 bridgehead atoms. The van der Waals surface area contributed by atoms with Crippen LogP contribution in [-0.2, 0) is 0 Å². The second kappa shape index (κ2) is 6.73. The minimum Gasteiger partial charge on any atom is -0.395 e. The Hall–Kier alpha value is -1.86. The van der Waals surface area contributed by atoms with Gasteiger partial charge in [-0.1, -0.05) is 0 Å². The van der Waals surface area contributed by atoms with Gasteiger partial charge in [0.15, 0.2) is 11.6 Å². The molecule has 0 saturated carbocycles. The van der Waals surface area contributed by atoms with Crippen molar-refractivity contribution in [2.45, 2.75) is 6.92 Å². The number of carbonyl (C=O) groups is 1. The van der Waals surface area contributed by atoms with Crippen LogP contribution >= 0.6 is 11.3 Å². The van der Waals surface area contributed by atoms with Crippen molar-refractivity contribution in [3.05, 3.63) is 40.9 Å². The number of carbonyl (C=O) groups excluding carboxylic acids is 1. The van der Waals surface area contributed by atoms with Crippen LogP contribution in [0.2, 0.25) is 0 Å². The van der Waals surface area contributed by atoms with Crippen LogP contribution in [0.5, 0.6) is 0 Å². The minimum absolute atomic E-state index is 0.117. The standard InChI is InChI=1S/C14H14F2N2O2S/c1-2-18(5-6-19)14(20)12-8-17-13(21-12)9-3-4-10(15)11(16)7-9/h3-4,7-8,19H,2,5-6H2,1H3. The third-order valence-corrected chi connectivity index (χ3v) is 3.96. The van der Waals surface area contributed by atoms with Gasteiger partial charge in [0.25, 0.3) is 5.91 Å². The predicted octanol–water partition coefficient (Wildman–Crippen LogP) is 2.54. The molecule has 1 amide bonds. The van der Waals surface area contributed by atoms with Crippen LogP contribution in [0.15, 0.2) is 24.4 Å². The fraction of sp³-hybridized carbons (Fsp3) is 0.286. The highest BCUT2D eigenvalue weighted by molar-refractivity contribution is 7.16. The summed E-state index contributed by atoms with van der Waals surface area (Å²) in [5.74, 6) is -2.12. The molecule has 0 radical (unpaired) electrons. The van der Waals surface area contributed by atoms with Crippen LogP contribution in [0.4, 0.5) is 8.78 Å². The maximum atomic E-state index is 13.2. The molecule has 0 saturated heterocycles. The van der Waals surface area contributed by atoms with Crippen LogP contribution in [0.1, 0.15) is 16.6 Å². The molecule has 2 rings (SSSR count). The maximum absolute atomic E-state index is 13.2. The van der Waals surface area contributed by atoms with Crippen molar-refractivity contribution in [3.8, 4) is 10.6 Å². The number of aromatic nitrogens is 1. The summed E-state index contributed by atoms with van der Waals surface area (Å²) in [6.07, 6.45) is 1.41. The molecule has 0 aliphatic rings. The number of halogens is 2. The fourth-order valence-electron chi connectivity index (χ4n) is 1.82. The third-order valence-electron chi connectivity index (χ3n) is 2.92. The van der Waals surface area contributed by atoms with Crippen molar-refractivity contribution in [2.75, 3.05) is 19.7 Å². The van der Waals surface area contributed by atoms with E-state index in [2.05, 4.69) is 4.98 Å². The van der Waals surface area contributed by atoms with E-state index in [0.717, 1.165) is 23.5 Å². The zero-order valence-corrected chi connectivity index (χ0v) is 12.2. The van der Waals surface area contributed by atoms with Crippen LogP contribution in [0.25, 0.3) is 10.6 Å². The summed E-state index contributed by atoms with van der Waals surface area (Å²) in [5.41, 5.74) is 0.420. The van der Waals surface area contributed by atoms with E-state index in [1.165, 1.54) is 17.2 Å². The summed E-state index contributed by atoms with van der Waals surface area (Å²) in [6, 6.07) is 3.49. The Morgan fingerprint density at radius 2 is 2.14 bits per heavy atom. The van der Waals surface area contributed by atoms with E-state index in [1.54, 1.807) is 0 Å². The second-order valence-electron chi connectivity index (χ2n) is 4.27. The molecule has 1 aromatic heterocycles. The number of benzene rings is 1. The molecular weight excluding hydrogens is 298 g/mol. The summed E-state index contributed by atoms with van der Waals surface area (Å²) in [4.78, 5) is 18.1. The van der Waals surface area contributed by atoms with E-state index in [4.69, 9.17) is 5.11 Å². The highest BCUT2D eigenvalue weighted by Gasteiger charge is 2.17. The van der Waals surface area contributed by atoms with E-state index >= 15 is 0 Å². The van der Waals surface area contributed by atoms with Gasteiger partial charge >= 0.3 is 0 Å². The van der Waals surface area contributed by atoms with Gasteiger partial charge in [-0.05, 0) is 25.1 Å². The van der Waals surface area contributed by atoms with E-state index in [0.29, 0.717) is 22.0 Å². The topological polar surface area (TPSA) is 53.4 Å². The number of hydrogen-bond acceptors (Lipinski definition) is 4. The van der Waals surface area contributed by atoms with E-state index < -0.39 is 11.6 Å². The van der Waals surface area contributed by atoms with Gasteiger partial charge in [0.05, 0.1) is 12.8 Å². The van der Waals surface area contributed by atoms with E-state index in [-0.39, 0.29) is 19.1 Å². The quantitative estimate of drug-likeness (QED) is 0.923. The Morgan fingerprint density at radius 3 is 2.76 bits per heavy atom. The van der Waals surface area contributed by atoms with Crippen molar-refractivity contribution < 1.29 is 18.7 Å². The molecule has 21 heavy (non-hydrogen) atoms. The van der Waals surface area contributed by atoms with Crippen molar-refractivity contribution in [1.29, 1.82) is 0 Å². The van der Waals surface area contributed by atoms with Crippen LogP contribution in [-0.4, -0.2) is 40.6 Å². The van der Waals surface area contributed by atoms with E-state index in [1.807, 2.05) is 6.92 Å². The van der Waals surface area contributed by atoms with Crippen LogP contribution in [0, 0.1) is 11.6 Å². The number of hydrogen-bond donors (Lipinski definition) is 1.